The quantitative estimate of drug-likeness (QED) is 0.722. The van der Waals surface area contributed by atoms with Crippen LogP contribution in [0.3, 0.4) is 0 Å². The van der Waals surface area contributed by atoms with Gasteiger partial charge in [0.1, 0.15) is 18.0 Å². The van der Waals surface area contributed by atoms with Gasteiger partial charge in [-0.25, -0.2) is 0 Å². The number of carbonyl (C=O) groups excluding carboxylic acids is 3. The van der Waals surface area contributed by atoms with Crippen molar-refractivity contribution in [2.75, 3.05) is 32.7 Å². The van der Waals surface area contributed by atoms with Gasteiger partial charge in [0.05, 0.1) is 19.9 Å². The smallest absolute Gasteiger partial charge is 0.326 e. The molecule has 1 aliphatic rings. The van der Waals surface area contributed by atoms with Crippen molar-refractivity contribution >= 4 is 29.2 Å². The molecule has 0 saturated carbocycles. The number of amides is 2. The van der Waals surface area contributed by atoms with Gasteiger partial charge in [-0.3, -0.25) is 19.3 Å². The zero-order valence-electron chi connectivity index (χ0n) is 16.1. The number of esters is 1. The van der Waals surface area contributed by atoms with Gasteiger partial charge in [-0.05, 0) is 18.2 Å². The topological polar surface area (TPSA) is 94.2 Å². The molecule has 0 aromatic heterocycles. The maximum atomic E-state index is 12.4. The molecular weight excluding hydrogens is 376 g/mol. The number of benzene rings is 2. The number of hydrogen-bond donors (Lipinski definition) is 1. The molecule has 0 aliphatic carbocycles. The summed E-state index contributed by atoms with van der Waals surface area (Å²) in [6.45, 7) is 3.03. The Balaban J connectivity index is 1.54. The molecule has 0 atom stereocenters. The predicted octanol–water partition coefficient (Wildman–Crippen LogP) is 2.31. The van der Waals surface area contributed by atoms with E-state index in [9.17, 15) is 14.4 Å². The number of methoxy groups -OCH3 is 2. The fourth-order valence-corrected chi connectivity index (χ4v) is 2.91. The number of hydrogen-bond acceptors (Lipinski definition) is 6. The Hall–Kier alpha value is -3.81. The van der Waals surface area contributed by atoms with E-state index in [1.807, 2.05) is 0 Å². The number of rotatable bonds is 7. The van der Waals surface area contributed by atoms with Gasteiger partial charge in [-0.1, -0.05) is 24.8 Å². The lowest BCUT2D eigenvalue weighted by Crippen LogP contribution is -2.32. The molecule has 2 amide bonds. The minimum Gasteiger partial charge on any atom is -0.497 e. The second kappa shape index (κ2) is 8.47. The SMILES string of the molecule is C=C1c2ccccc2C(=O)N1CC(=O)OCC(=O)Nc1ccc(OC)cc1OC. The summed E-state index contributed by atoms with van der Waals surface area (Å²) in [4.78, 5) is 37.9. The van der Waals surface area contributed by atoms with Crippen LogP contribution in [-0.4, -0.2) is 50.1 Å². The van der Waals surface area contributed by atoms with Crippen LogP contribution in [0, 0.1) is 0 Å². The highest BCUT2D eigenvalue weighted by Crippen LogP contribution is 2.31. The second-order valence-electron chi connectivity index (χ2n) is 6.16. The predicted molar refractivity (Wildman–Crippen MR) is 106 cm³/mol. The van der Waals surface area contributed by atoms with Gasteiger partial charge < -0.3 is 19.5 Å². The first kappa shape index (κ1) is 19.9. The van der Waals surface area contributed by atoms with Crippen molar-refractivity contribution in [3.8, 4) is 11.5 Å². The maximum Gasteiger partial charge on any atom is 0.326 e. The standard InChI is InChI=1S/C21H20N2O6/c1-13-15-6-4-5-7-16(15)21(26)23(13)11-20(25)29-12-19(24)22-17-9-8-14(27-2)10-18(17)28-3/h4-10H,1,11-12H2,2-3H3,(H,22,24). The summed E-state index contributed by atoms with van der Waals surface area (Å²) in [6, 6.07) is 11.8. The Morgan fingerprint density at radius 1 is 1.07 bits per heavy atom. The lowest BCUT2D eigenvalue weighted by atomic mass is 10.1. The monoisotopic (exact) mass is 396 g/mol. The average Bonchev–Trinajstić information content (AvgIpc) is 2.97. The number of anilines is 1. The van der Waals surface area contributed by atoms with Crippen LogP contribution in [0.2, 0.25) is 0 Å². The van der Waals surface area contributed by atoms with Crippen molar-refractivity contribution in [3.63, 3.8) is 0 Å². The van der Waals surface area contributed by atoms with Crippen molar-refractivity contribution in [1.82, 2.24) is 4.90 Å². The van der Waals surface area contributed by atoms with Crippen LogP contribution < -0.4 is 14.8 Å². The van der Waals surface area contributed by atoms with E-state index < -0.39 is 18.5 Å². The molecule has 0 saturated heterocycles. The molecule has 0 unspecified atom stereocenters. The van der Waals surface area contributed by atoms with Crippen molar-refractivity contribution in [2.45, 2.75) is 0 Å². The van der Waals surface area contributed by atoms with E-state index in [0.29, 0.717) is 34.0 Å². The fourth-order valence-electron chi connectivity index (χ4n) is 2.91. The molecule has 0 bridgehead atoms. The fraction of sp³-hybridized carbons (Fsp3) is 0.190. The molecule has 1 N–H and O–H groups in total. The molecule has 0 radical (unpaired) electrons. The Kier molecular flexibility index (Phi) is 5.82. The highest BCUT2D eigenvalue weighted by Gasteiger charge is 2.32. The molecule has 8 heteroatoms. The molecule has 0 spiro atoms. The van der Waals surface area contributed by atoms with Crippen molar-refractivity contribution < 1.29 is 28.6 Å². The summed E-state index contributed by atoms with van der Waals surface area (Å²) in [5, 5.41) is 2.60. The van der Waals surface area contributed by atoms with Gasteiger partial charge >= 0.3 is 5.97 Å². The molecule has 3 rings (SSSR count). The zero-order valence-corrected chi connectivity index (χ0v) is 16.1. The Morgan fingerprint density at radius 3 is 2.45 bits per heavy atom. The molecule has 150 valence electrons. The highest BCUT2D eigenvalue weighted by atomic mass is 16.5. The third kappa shape index (κ3) is 4.21. The van der Waals surface area contributed by atoms with Gasteiger partial charge in [0, 0.05) is 22.9 Å². The van der Waals surface area contributed by atoms with Crippen LogP contribution in [0.4, 0.5) is 5.69 Å². The van der Waals surface area contributed by atoms with E-state index in [0.717, 1.165) is 0 Å². The van der Waals surface area contributed by atoms with Gasteiger partial charge in [0.2, 0.25) is 0 Å². The lowest BCUT2D eigenvalue weighted by Gasteiger charge is -2.16. The van der Waals surface area contributed by atoms with Crippen LogP contribution in [0.25, 0.3) is 5.70 Å². The number of nitrogens with one attached hydrogen (secondary N) is 1. The van der Waals surface area contributed by atoms with Crippen molar-refractivity contribution in [1.29, 1.82) is 0 Å². The summed E-state index contributed by atoms with van der Waals surface area (Å²) in [5.41, 5.74) is 1.99. The Morgan fingerprint density at radius 2 is 1.79 bits per heavy atom. The van der Waals surface area contributed by atoms with E-state index in [2.05, 4.69) is 11.9 Å². The minimum atomic E-state index is -0.718. The van der Waals surface area contributed by atoms with Crippen LogP contribution in [0.5, 0.6) is 11.5 Å². The molecule has 29 heavy (non-hydrogen) atoms. The average molecular weight is 396 g/mol. The molecule has 2 aromatic rings. The number of carbonyl (C=O) groups is 3. The van der Waals surface area contributed by atoms with Crippen LogP contribution in [-0.2, 0) is 14.3 Å². The molecule has 1 heterocycles. The summed E-state index contributed by atoms with van der Waals surface area (Å²) in [6.07, 6.45) is 0. The Labute approximate surface area is 167 Å². The number of nitrogens with zero attached hydrogens (tertiary/aromatic N) is 1. The first-order valence-electron chi connectivity index (χ1n) is 8.72. The van der Waals surface area contributed by atoms with Crippen LogP contribution in [0.1, 0.15) is 15.9 Å². The summed E-state index contributed by atoms with van der Waals surface area (Å²) in [7, 11) is 2.98. The van der Waals surface area contributed by atoms with Gasteiger partial charge in [0.25, 0.3) is 11.8 Å². The van der Waals surface area contributed by atoms with Gasteiger partial charge in [0.15, 0.2) is 6.61 Å². The third-order valence-corrected chi connectivity index (χ3v) is 4.37. The highest BCUT2D eigenvalue weighted by molar-refractivity contribution is 6.10. The number of fused-ring (bicyclic) bond motifs is 1. The van der Waals surface area contributed by atoms with Crippen molar-refractivity contribution in [2.24, 2.45) is 0 Å². The van der Waals surface area contributed by atoms with Gasteiger partial charge in [-0.2, -0.15) is 0 Å². The van der Waals surface area contributed by atoms with E-state index in [1.165, 1.54) is 19.1 Å². The summed E-state index contributed by atoms with van der Waals surface area (Å²) >= 11 is 0. The normalized spacial score (nSPS) is 12.4. The Bertz CT molecular complexity index is 950. The molecule has 1 aliphatic heterocycles. The summed E-state index contributed by atoms with van der Waals surface area (Å²) < 4.78 is 15.3. The van der Waals surface area contributed by atoms with E-state index in [-0.39, 0.29) is 12.5 Å². The molecular formula is C21H20N2O6. The van der Waals surface area contributed by atoms with Crippen LogP contribution >= 0.6 is 0 Å². The lowest BCUT2D eigenvalue weighted by molar-refractivity contribution is -0.147. The molecule has 2 aromatic carbocycles. The van der Waals surface area contributed by atoms with E-state index >= 15 is 0 Å². The zero-order chi connectivity index (χ0) is 21.0. The van der Waals surface area contributed by atoms with Crippen molar-refractivity contribution in [3.05, 3.63) is 60.2 Å². The maximum absolute atomic E-state index is 12.4. The largest absolute Gasteiger partial charge is 0.497 e. The first-order valence-corrected chi connectivity index (χ1v) is 8.72. The van der Waals surface area contributed by atoms with Crippen LogP contribution in [0.15, 0.2) is 49.0 Å². The summed E-state index contributed by atoms with van der Waals surface area (Å²) in [5.74, 6) is -0.612. The van der Waals surface area contributed by atoms with E-state index in [4.69, 9.17) is 14.2 Å². The molecule has 8 nitrogen and oxygen atoms in total. The minimum absolute atomic E-state index is 0.324. The number of ether oxygens (including phenoxy) is 3. The second-order valence-corrected chi connectivity index (χ2v) is 6.16. The van der Waals surface area contributed by atoms with E-state index in [1.54, 1.807) is 42.5 Å². The van der Waals surface area contributed by atoms with Gasteiger partial charge in [-0.15, -0.1) is 0 Å². The third-order valence-electron chi connectivity index (χ3n) is 4.37. The molecule has 0 fully saturated rings. The first-order chi connectivity index (χ1) is 13.9.